The summed E-state index contributed by atoms with van der Waals surface area (Å²) >= 11 is 7.08. The number of benzene rings is 1. The molecule has 1 aromatic carbocycles. The van der Waals surface area contributed by atoms with Crippen LogP contribution in [0.3, 0.4) is 0 Å². The third-order valence-electron chi connectivity index (χ3n) is 4.28. The van der Waals surface area contributed by atoms with Crippen LogP contribution < -0.4 is 9.47 Å². The molecule has 1 fully saturated rings. The summed E-state index contributed by atoms with van der Waals surface area (Å²) < 4.78 is 12.7. The van der Waals surface area contributed by atoms with Gasteiger partial charge < -0.3 is 9.47 Å². The zero-order valence-corrected chi connectivity index (χ0v) is 15.5. The monoisotopic (exact) mass is 404 g/mol. The lowest BCUT2D eigenvalue weighted by Crippen LogP contribution is -2.29. The largest absolute Gasteiger partial charge is 0.493 e. The molecule has 2 rings (SSSR count). The van der Waals surface area contributed by atoms with Crippen LogP contribution in [0.1, 0.15) is 38.7 Å². The number of alkyl halides is 1. The summed E-state index contributed by atoms with van der Waals surface area (Å²) in [6.45, 7) is 4.66. The van der Waals surface area contributed by atoms with Gasteiger partial charge in [-0.15, -0.1) is 0 Å². The normalized spacial score (nSPS) is 26.4. The molecule has 3 unspecified atom stereocenters. The minimum Gasteiger partial charge on any atom is -0.493 e. The van der Waals surface area contributed by atoms with Gasteiger partial charge in [-0.05, 0) is 64.7 Å². The van der Waals surface area contributed by atoms with E-state index in [9.17, 15) is 0 Å². The lowest BCUT2D eigenvalue weighted by molar-refractivity contribution is 0.0969. The molecule has 1 aliphatic carbocycles. The van der Waals surface area contributed by atoms with Crippen molar-refractivity contribution in [3.8, 4) is 11.5 Å². The molecule has 1 saturated carbocycles. The summed E-state index contributed by atoms with van der Waals surface area (Å²) in [6.07, 6.45) is 3.78. The summed E-state index contributed by atoms with van der Waals surface area (Å²) in [4.78, 5) is 0. The number of hydrogen-bond donors (Lipinski definition) is 0. The third-order valence-corrected chi connectivity index (χ3v) is 5.51. The molecule has 0 spiro atoms. The maximum Gasteiger partial charge on any atom is 0.175 e. The van der Waals surface area contributed by atoms with E-state index in [2.05, 4.69) is 51.8 Å². The molecule has 0 radical (unpaired) electrons. The summed E-state index contributed by atoms with van der Waals surface area (Å²) in [6, 6.07) is 4.12. The van der Waals surface area contributed by atoms with E-state index in [-0.39, 0.29) is 0 Å². The summed E-state index contributed by atoms with van der Waals surface area (Å²) in [5.41, 5.74) is 1.17. The van der Waals surface area contributed by atoms with Gasteiger partial charge in [0, 0.05) is 5.33 Å². The third kappa shape index (κ3) is 3.70. The maximum atomic E-state index is 6.24. The Morgan fingerprint density at radius 1 is 1.20 bits per heavy atom. The first-order valence-electron chi connectivity index (χ1n) is 7.14. The van der Waals surface area contributed by atoms with E-state index in [0.717, 1.165) is 46.0 Å². The molecule has 1 aromatic rings. The predicted octanol–water partition coefficient (Wildman–Crippen LogP) is 5.56. The van der Waals surface area contributed by atoms with Crippen molar-refractivity contribution < 1.29 is 9.47 Å². The van der Waals surface area contributed by atoms with Gasteiger partial charge in [0.25, 0.3) is 0 Å². The van der Waals surface area contributed by atoms with Crippen LogP contribution in [0.5, 0.6) is 11.5 Å². The molecule has 0 amide bonds. The average Bonchev–Trinajstić information content (AvgIpc) is 2.44. The fourth-order valence-corrected chi connectivity index (χ4v) is 3.64. The molecular weight excluding hydrogens is 384 g/mol. The zero-order valence-electron chi connectivity index (χ0n) is 12.3. The van der Waals surface area contributed by atoms with Crippen molar-refractivity contribution in [2.45, 2.75) is 44.5 Å². The first kappa shape index (κ1) is 16.2. The minimum absolute atomic E-state index is 0.293. The second-order valence-electron chi connectivity index (χ2n) is 5.75. The van der Waals surface area contributed by atoms with Crippen LogP contribution in [0, 0.1) is 11.8 Å². The molecular formula is C16H22Br2O2. The smallest absolute Gasteiger partial charge is 0.175 e. The van der Waals surface area contributed by atoms with Gasteiger partial charge in [-0.25, -0.2) is 0 Å². The molecule has 4 heteroatoms. The van der Waals surface area contributed by atoms with E-state index >= 15 is 0 Å². The number of hydrogen-bond acceptors (Lipinski definition) is 2. The van der Waals surface area contributed by atoms with Crippen LogP contribution >= 0.6 is 31.9 Å². The van der Waals surface area contributed by atoms with Crippen LogP contribution in [-0.2, 0) is 5.33 Å². The maximum absolute atomic E-state index is 6.24. The van der Waals surface area contributed by atoms with Crippen molar-refractivity contribution in [2.24, 2.45) is 11.8 Å². The van der Waals surface area contributed by atoms with Crippen LogP contribution in [0.25, 0.3) is 0 Å². The average molecular weight is 406 g/mol. The molecule has 0 N–H and O–H groups in total. The highest BCUT2D eigenvalue weighted by Crippen LogP contribution is 2.40. The lowest BCUT2D eigenvalue weighted by atomic mass is 9.80. The van der Waals surface area contributed by atoms with Gasteiger partial charge in [0.05, 0.1) is 17.7 Å². The Labute approximate surface area is 138 Å². The number of rotatable bonds is 4. The van der Waals surface area contributed by atoms with E-state index in [1.54, 1.807) is 7.11 Å². The molecule has 0 saturated heterocycles. The Hall–Kier alpha value is -0.220. The summed E-state index contributed by atoms with van der Waals surface area (Å²) in [5, 5.41) is 0.806. The van der Waals surface area contributed by atoms with Crippen LogP contribution in [0.4, 0.5) is 0 Å². The molecule has 3 atom stereocenters. The first-order valence-corrected chi connectivity index (χ1v) is 9.05. The van der Waals surface area contributed by atoms with Crippen molar-refractivity contribution in [3.63, 3.8) is 0 Å². The van der Waals surface area contributed by atoms with Gasteiger partial charge in [0.2, 0.25) is 0 Å². The molecule has 2 nitrogen and oxygen atoms in total. The lowest BCUT2D eigenvalue weighted by Gasteiger charge is -2.32. The molecule has 0 heterocycles. The van der Waals surface area contributed by atoms with Crippen molar-refractivity contribution in [3.05, 3.63) is 22.2 Å². The first-order chi connectivity index (χ1) is 9.55. The summed E-state index contributed by atoms with van der Waals surface area (Å²) in [7, 11) is 1.69. The van der Waals surface area contributed by atoms with Gasteiger partial charge in [0.1, 0.15) is 0 Å². The van der Waals surface area contributed by atoms with E-state index < -0.39 is 0 Å². The topological polar surface area (TPSA) is 18.5 Å². The van der Waals surface area contributed by atoms with Crippen LogP contribution in [-0.4, -0.2) is 13.2 Å². The van der Waals surface area contributed by atoms with Gasteiger partial charge in [-0.2, -0.15) is 0 Å². The van der Waals surface area contributed by atoms with Crippen molar-refractivity contribution in [2.75, 3.05) is 7.11 Å². The predicted molar refractivity (Wildman–Crippen MR) is 89.9 cm³/mol. The second kappa shape index (κ2) is 7.17. The molecule has 20 heavy (non-hydrogen) atoms. The van der Waals surface area contributed by atoms with Gasteiger partial charge in [-0.3, -0.25) is 0 Å². The second-order valence-corrected chi connectivity index (χ2v) is 7.17. The van der Waals surface area contributed by atoms with E-state index in [0.29, 0.717) is 6.10 Å². The minimum atomic E-state index is 0.293. The number of ether oxygens (including phenoxy) is 2. The SMILES string of the molecule is COc1cc(CBr)cc(Br)c1OC1CCC(C)C(C)C1. The zero-order chi connectivity index (χ0) is 14.7. The van der Waals surface area contributed by atoms with Crippen LogP contribution in [0.2, 0.25) is 0 Å². The highest BCUT2D eigenvalue weighted by Gasteiger charge is 2.27. The quantitative estimate of drug-likeness (QED) is 0.610. The Morgan fingerprint density at radius 3 is 2.55 bits per heavy atom. The Bertz CT molecular complexity index is 462. The van der Waals surface area contributed by atoms with Crippen molar-refractivity contribution in [1.29, 1.82) is 0 Å². The Morgan fingerprint density at radius 2 is 1.95 bits per heavy atom. The molecule has 0 aliphatic heterocycles. The van der Waals surface area contributed by atoms with Crippen molar-refractivity contribution >= 4 is 31.9 Å². The molecule has 112 valence electrons. The fraction of sp³-hybridized carbons (Fsp3) is 0.625. The molecule has 1 aliphatic rings. The van der Waals surface area contributed by atoms with Gasteiger partial charge in [-0.1, -0.05) is 29.8 Å². The number of halogens is 2. The fourth-order valence-electron chi connectivity index (χ4n) is 2.74. The number of methoxy groups -OCH3 is 1. The Balaban J connectivity index is 2.16. The van der Waals surface area contributed by atoms with E-state index in [1.807, 2.05) is 6.07 Å². The Kier molecular flexibility index (Phi) is 5.79. The van der Waals surface area contributed by atoms with E-state index in [1.165, 1.54) is 12.0 Å². The van der Waals surface area contributed by atoms with Crippen LogP contribution in [0.15, 0.2) is 16.6 Å². The highest BCUT2D eigenvalue weighted by molar-refractivity contribution is 9.10. The van der Waals surface area contributed by atoms with Gasteiger partial charge >= 0.3 is 0 Å². The van der Waals surface area contributed by atoms with E-state index in [4.69, 9.17) is 9.47 Å². The van der Waals surface area contributed by atoms with Gasteiger partial charge in [0.15, 0.2) is 11.5 Å². The standard InChI is InChI=1S/C16H22Br2O2/c1-10-4-5-13(6-11(10)2)20-16-14(18)7-12(9-17)8-15(16)19-3/h7-8,10-11,13H,4-6,9H2,1-3H3. The van der Waals surface area contributed by atoms with Crippen molar-refractivity contribution in [1.82, 2.24) is 0 Å². The molecule has 0 aromatic heterocycles. The molecule has 0 bridgehead atoms. The summed E-state index contributed by atoms with van der Waals surface area (Å²) in [5.74, 6) is 3.17. The highest BCUT2D eigenvalue weighted by atomic mass is 79.9.